The first-order chi connectivity index (χ1) is 9.47. The van der Waals surface area contributed by atoms with Crippen LogP contribution in [0.15, 0.2) is 29.2 Å². The molecule has 5 nitrogen and oxygen atoms in total. The van der Waals surface area contributed by atoms with Gasteiger partial charge in [0.05, 0.1) is 11.4 Å². The van der Waals surface area contributed by atoms with E-state index in [2.05, 4.69) is 10.0 Å². The molecule has 2 N–H and O–H groups in total. The molecule has 1 aliphatic carbocycles. The van der Waals surface area contributed by atoms with E-state index in [1.54, 1.807) is 0 Å². The lowest BCUT2D eigenvalue weighted by atomic mass is 10.2. The molecular weight excluding hydrogens is 300 g/mol. The van der Waals surface area contributed by atoms with Crippen molar-refractivity contribution in [2.75, 3.05) is 6.54 Å². The zero-order chi connectivity index (χ0) is 14.6. The van der Waals surface area contributed by atoms with Gasteiger partial charge in [-0.1, -0.05) is 24.4 Å². The number of halogens is 1. The number of sulfonamides is 1. The van der Waals surface area contributed by atoms with Gasteiger partial charge < -0.3 is 5.32 Å². The van der Waals surface area contributed by atoms with E-state index in [9.17, 15) is 13.2 Å². The molecule has 0 radical (unpaired) electrons. The molecule has 0 heterocycles. The topological polar surface area (TPSA) is 75.3 Å². The molecule has 110 valence electrons. The summed E-state index contributed by atoms with van der Waals surface area (Å²) in [7, 11) is -3.68. The SMILES string of the molecule is O=C(CNS(=O)(=O)c1ccc(Cl)cc1)NC1CCCC1. The molecule has 0 aromatic heterocycles. The molecule has 7 heteroatoms. The average Bonchev–Trinajstić information content (AvgIpc) is 2.90. The number of amides is 1. The van der Waals surface area contributed by atoms with Crippen LogP contribution < -0.4 is 10.0 Å². The van der Waals surface area contributed by atoms with Gasteiger partial charge in [-0.3, -0.25) is 4.79 Å². The van der Waals surface area contributed by atoms with E-state index in [4.69, 9.17) is 11.6 Å². The van der Waals surface area contributed by atoms with Crippen molar-refractivity contribution in [3.05, 3.63) is 29.3 Å². The van der Waals surface area contributed by atoms with Crippen LogP contribution in [0.2, 0.25) is 5.02 Å². The van der Waals surface area contributed by atoms with Crippen molar-refractivity contribution in [2.24, 2.45) is 0 Å². The van der Waals surface area contributed by atoms with Crippen molar-refractivity contribution in [3.8, 4) is 0 Å². The van der Waals surface area contributed by atoms with Gasteiger partial charge in [-0.05, 0) is 37.1 Å². The van der Waals surface area contributed by atoms with Gasteiger partial charge in [0.1, 0.15) is 0 Å². The summed E-state index contributed by atoms with van der Waals surface area (Å²) in [5.74, 6) is -0.297. The van der Waals surface area contributed by atoms with Gasteiger partial charge in [-0.2, -0.15) is 0 Å². The molecule has 1 saturated carbocycles. The minimum atomic E-state index is -3.68. The molecule has 1 amide bonds. The second-order valence-electron chi connectivity index (χ2n) is 4.83. The van der Waals surface area contributed by atoms with E-state index in [0.29, 0.717) is 5.02 Å². The summed E-state index contributed by atoms with van der Waals surface area (Å²) in [6.07, 6.45) is 4.16. The number of hydrogen-bond donors (Lipinski definition) is 2. The van der Waals surface area contributed by atoms with Crippen molar-refractivity contribution < 1.29 is 13.2 Å². The highest BCUT2D eigenvalue weighted by Crippen LogP contribution is 2.17. The highest BCUT2D eigenvalue weighted by molar-refractivity contribution is 7.89. The maximum Gasteiger partial charge on any atom is 0.241 e. The summed E-state index contributed by atoms with van der Waals surface area (Å²) in [6, 6.07) is 5.98. The molecule has 0 saturated heterocycles. The third-order valence-electron chi connectivity index (χ3n) is 3.27. The molecule has 0 aliphatic heterocycles. The van der Waals surface area contributed by atoms with E-state index in [1.165, 1.54) is 24.3 Å². The summed E-state index contributed by atoms with van der Waals surface area (Å²) in [4.78, 5) is 11.8. The monoisotopic (exact) mass is 316 g/mol. The number of rotatable bonds is 5. The third-order valence-corrected chi connectivity index (χ3v) is 4.94. The van der Waals surface area contributed by atoms with E-state index < -0.39 is 10.0 Å². The largest absolute Gasteiger partial charge is 0.352 e. The van der Waals surface area contributed by atoms with Crippen LogP contribution in [0.5, 0.6) is 0 Å². The highest BCUT2D eigenvalue weighted by Gasteiger charge is 2.19. The summed E-state index contributed by atoms with van der Waals surface area (Å²) in [6.45, 7) is -0.249. The van der Waals surface area contributed by atoms with Crippen molar-refractivity contribution in [1.82, 2.24) is 10.0 Å². The van der Waals surface area contributed by atoms with Gasteiger partial charge in [0.25, 0.3) is 0 Å². The molecule has 1 fully saturated rings. The maximum absolute atomic E-state index is 12.0. The summed E-state index contributed by atoms with van der Waals surface area (Å²) >= 11 is 5.71. The predicted molar refractivity (Wildman–Crippen MR) is 77.0 cm³/mol. The Labute approximate surface area is 123 Å². The lowest BCUT2D eigenvalue weighted by Crippen LogP contribution is -2.40. The smallest absolute Gasteiger partial charge is 0.241 e. The van der Waals surface area contributed by atoms with Gasteiger partial charge in [0.15, 0.2) is 0 Å². The number of nitrogens with one attached hydrogen (secondary N) is 2. The Bertz CT molecular complexity index is 566. The van der Waals surface area contributed by atoms with Crippen molar-refractivity contribution in [2.45, 2.75) is 36.6 Å². The quantitative estimate of drug-likeness (QED) is 0.868. The Kier molecular flexibility index (Phi) is 5.01. The van der Waals surface area contributed by atoms with Crippen LogP contribution in [-0.2, 0) is 14.8 Å². The first-order valence-corrected chi connectivity index (χ1v) is 8.38. The van der Waals surface area contributed by atoms with Crippen molar-refractivity contribution in [1.29, 1.82) is 0 Å². The Hall–Kier alpha value is -1.11. The van der Waals surface area contributed by atoms with E-state index >= 15 is 0 Å². The Morgan fingerprint density at radius 1 is 1.20 bits per heavy atom. The number of hydrogen-bond acceptors (Lipinski definition) is 3. The molecule has 2 rings (SSSR count). The predicted octanol–water partition coefficient (Wildman–Crippen LogP) is 1.68. The zero-order valence-corrected chi connectivity index (χ0v) is 12.5. The van der Waals surface area contributed by atoms with Crippen LogP contribution in [0.3, 0.4) is 0 Å². The van der Waals surface area contributed by atoms with Gasteiger partial charge in [0.2, 0.25) is 15.9 Å². The number of benzene rings is 1. The number of carbonyl (C=O) groups excluding carboxylic acids is 1. The molecule has 1 aromatic carbocycles. The van der Waals surface area contributed by atoms with Crippen LogP contribution in [-0.4, -0.2) is 26.9 Å². The standard InChI is InChI=1S/C13H17ClN2O3S/c14-10-5-7-12(8-6-10)20(18,19)15-9-13(17)16-11-3-1-2-4-11/h5-8,11,15H,1-4,9H2,(H,16,17). The molecule has 0 bridgehead atoms. The second-order valence-corrected chi connectivity index (χ2v) is 7.03. The lowest BCUT2D eigenvalue weighted by molar-refractivity contribution is -0.120. The third kappa shape index (κ3) is 4.19. The molecule has 0 atom stereocenters. The van der Waals surface area contributed by atoms with Gasteiger partial charge in [-0.15, -0.1) is 0 Å². The first kappa shape index (κ1) is 15.3. The lowest BCUT2D eigenvalue weighted by Gasteiger charge is -2.12. The van der Waals surface area contributed by atoms with Crippen molar-refractivity contribution >= 4 is 27.5 Å². The molecule has 1 aromatic rings. The van der Waals surface area contributed by atoms with Crippen LogP contribution in [0, 0.1) is 0 Å². The molecule has 1 aliphatic rings. The molecule has 0 spiro atoms. The number of carbonyl (C=O) groups is 1. The fraction of sp³-hybridized carbons (Fsp3) is 0.462. The van der Waals surface area contributed by atoms with Gasteiger partial charge >= 0.3 is 0 Å². The Balaban J connectivity index is 1.88. The van der Waals surface area contributed by atoms with E-state index in [-0.39, 0.29) is 23.4 Å². The second kappa shape index (κ2) is 6.56. The average molecular weight is 317 g/mol. The fourth-order valence-electron chi connectivity index (χ4n) is 2.21. The minimum absolute atomic E-state index is 0.0931. The maximum atomic E-state index is 12.0. The first-order valence-electron chi connectivity index (χ1n) is 6.52. The van der Waals surface area contributed by atoms with Gasteiger partial charge in [0, 0.05) is 11.1 Å². The van der Waals surface area contributed by atoms with Crippen LogP contribution in [0.1, 0.15) is 25.7 Å². The van der Waals surface area contributed by atoms with Crippen LogP contribution in [0.25, 0.3) is 0 Å². The zero-order valence-electron chi connectivity index (χ0n) is 10.9. The van der Waals surface area contributed by atoms with Crippen LogP contribution in [0.4, 0.5) is 0 Å². The summed E-state index contributed by atoms with van der Waals surface area (Å²) in [5.41, 5.74) is 0. The Morgan fingerprint density at radius 3 is 2.40 bits per heavy atom. The van der Waals surface area contributed by atoms with Crippen molar-refractivity contribution in [3.63, 3.8) is 0 Å². The summed E-state index contributed by atoms with van der Waals surface area (Å²) < 4.78 is 26.2. The summed E-state index contributed by atoms with van der Waals surface area (Å²) in [5, 5.41) is 3.29. The van der Waals surface area contributed by atoms with E-state index in [0.717, 1.165) is 25.7 Å². The van der Waals surface area contributed by atoms with Crippen LogP contribution >= 0.6 is 11.6 Å². The Morgan fingerprint density at radius 2 is 1.80 bits per heavy atom. The minimum Gasteiger partial charge on any atom is -0.352 e. The molecular formula is C13H17ClN2O3S. The van der Waals surface area contributed by atoms with E-state index in [1.807, 2.05) is 0 Å². The molecule has 0 unspecified atom stereocenters. The highest BCUT2D eigenvalue weighted by atomic mass is 35.5. The molecule has 20 heavy (non-hydrogen) atoms. The fourth-order valence-corrected chi connectivity index (χ4v) is 3.31. The van der Waals surface area contributed by atoms with Gasteiger partial charge in [-0.25, -0.2) is 13.1 Å². The normalized spacial score (nSPS) is 16.2.